The molecule has 4 aromatic carbocycles. The second kappa shape index (κ2) is 11.6. The molecular formula is C48H38N2S. The predicted octanol–water partition coefficient (Wildman–Crippen LogP) is 10.1. The molecular weight excluding hydrogens is 637 g/mol. The molecule has 0 bridgehead atoms. The highest BCUT2D eigenvalue weighted by atomic mass is 32.1. The minimum absolute atomic E-state index is 0.358. The molecule has 11 rings (SSSR count). The highest BCUT2D eigenvalue weighted by Gasteiger charge is 2.42. The van der Waals surface area contributed by atoms with Gasteiger partial charge in [0, 0.05) is 48.8 Å². The number of hydrogen-bond donors (Lipinski definition) is 0. The van der Waals surface area contributed by atoms with Gasteiger partial charge in [0.15, 0.2) is 0 Å². The third-order valence-corrected chi connectivity index (χ3v) is 13.1. The fourth-order valence-corrected chi connectivity index (χ4v) is 10.7. The van der Waals surface area contributed by atoms with E-state index in [0.717, 1.165) is 25.7 Å². The molecule has 246 valence electrons. The van der Waals surface area contributed by atoms with Crippen molar-refractivity contribution < 1.29 is 0 Å². The van der Waals surface area contributed by atoms with Crippen LogP contribution in [0.4, 0.5) is 0 Å². The molecule has 0 N–H and O–H groups in total. The zero-order chi connectivity index (χ0) is 33.5. The molecule has 0 amide bonds. The number of rotatable bonds is 4. The third-order valence-electron chi connectivity index (χ3n) is 11.9. The van der Waals surface area contributed by atoms with Crippen LogP contribution in [-0.2, 0) is 6.42 Å². The van der Waals surface area contributed by atoms with Gasteiger partial charge in [0.25, 0.3) is 0 Å². The van der Waals surface area contributed by atoms with E-state index in [4.69, 9.17) is 0 Å². The second-order valence-electron chi connectivity index (χ2n) is 14.6. The van der Waals surface area contributed by atoms with Gasteiger partial charge in [-0.15, -0.1) is 11.3 Å². The van der Waals surface area contributed by atoms with Gasteiger partial charge in [0.2, 0.25) is 0 Å². The van der Waals surface area contributed by atoms with Gasteiger partial charge in [0.1, 0.15) is 0 Å². The Hall–Kier alpha value is -5.38. The van der Waals surface area contributed by atoms with Gasteiger partial charge in [-0.2, -0.15) is 0 Å². The van der Waals surface area contributed by atoms with Crippen molar-refractivity contribution in [3.05, 3.63) is 183 Å². The van der Waals surface area contributed by atoms with Crippen molar-refractivity contribution >= 4 is 56.1 Å². The van der Waals surface area contributed by atoms with Crippen LogP contribution >= 0.6 is 11.3 Å². The van der Waals surface area contributed by atoms with Crippen LogP contribution in [0.3, 0.4) is 0 Å². The maximum absolute atomic E-state index is 2.74. The van der Waals surface area contributed by atoms with Crippen LogP contribution in [0, 0.1) is 5.92 Å². The Kier molecular flexibility index (Phi) is 6.67. The Labute approximate surface area is 302 Å². The standard InChI is InChI=1S/C48H38N2S/c1-2-10-35(11-3-1)49-43-15-7-4-12-37(43)40-28-33(22-25-45(40)49)31-18-20-32(21-19-31)34-23-26-46-41(29-34)38-13-5-8-16-44(38)50(46)36-24-27-48-42(30-36)39-14-6-9-17-47(39)51-48/h1-4,6-12,14-21,23-29,33,36,41,46H,5,13,22,30H2. The quantitative estimate of drug-likeness (QED) is 0.181. The van der Waals surface area contributed by atoms with Crippen LogP contribution in [0.15, 0.2) is 151 Å². The molecule has 0 saturated carbocycles. The van der Waals surface area contributed by atoms with E-state index in [2.05, 4.69) is 167 Å². The van der Waals surface area contributed by atoms with Crippen LogP contribution in [-0.4, -0.2) is 21.6 Å². The number of thiophene rings is 1. The van der Waals surface area contributed by atoms with Crippen LogP contribution in [0.25, 0.3) is 50.5 Å². The van der Waals surface area contributed by atoms with Gasteiger partial charge in [-0.1, -0.05) is 121 Å². The SMILES string of the molecule is C1=CC2=C(CC1)C1C=C(c3ccc(C4C=c5c(n(-c6ccccc6)c6ccccc56)=CC4)cc3)C=CC1N2C1C=Cc2sc3ccccc3c2C1. The maximum Gasteiger partial charge on any atom is 0.0583 e. The van der Waals surface area contributed by atoms with E-state index in [-0.39, 0.29) is 0 Å². The van der Waals surface area contributed by atoms with Crippen molar-refractivity contribution in [1.29, 1.82) is 0 Å². The lowest BCUT2D eigenvalue weighted by Crippen LogP contribution is -2.41. The Morgan fingerprint density at radius 2 is 1.55 bits per heavy atom. The summed E-state index contributed by atoms with van der Waals surface area (Å²) in [6, 6.07) is 38.7. The molecule has 4 atom stereocenters. The number of aromatic nitrogens is 1. The first-order chi connectivity index (χ1) is 25.3. The molecule has 3 heterocycles. The largest absolute Gasteiger partial charge is 0.357 e. The first-order valence-electron chi connectivity index (χ1n) is 18.5. The minimum Gasteiger partial charge on any atom is -0.357 e. The van der Waals surface area contributed by atoms with E-state index in [0.29, 0.717) is 23.9 Å². The summed E-state index contributed by atoms with van der Waals surface area (Å²) in [4.78, 5) is 4.18. The van der Waals surface area contributed by atoms with Gasteiger partial charge >= 0.3 is 0 Å². The first kappa shape index (κ1) is 29.4. The molecule has 6 aromatic rings. The average Bonchev–Trinajstić information content (AvgIpc) is 3.85. The van der Waals surface area contributed by atoms with Gasteiger partial charge in [0.05, 0.1) is 17.6 Å². The fraction of sp³-hybridized carbons (Fsp3) is 0.167. The van der Waals surface area contributed by atoms with E-state index in [1.165, 1.54) is 70.1 Å². The van der Waals surface area contributed by atoms with Gasteiger partial charge in [-0.05, 0) is 95.3 Å². The zero-order valence-corrected chi connectivity index (χ0v) is 29.3. The van der Waals surface area contributed by atoms with Crippen LogP contribution in [0.5, 0.6) is 0 Å². The fourth-order valence-electron chi connectivity index (χ4n) is 9.56. The third kappa shape index (κ3) is 4.61. The van der Waals surface area contributed by atoms with Crippen LogP contribution < -0.4 is 10.6 Å². The number of nitrogens with zero attached hydrogens (tertiary/aromatic N) is 2. The van der Waals surface area contributed by atoms with Gasteiger partial charge in [-0.25, -0.2) is 0 Å². The molecule has 5 aliphatic rings. The molecule has 0 saturated heterocycles. The highest BCUT2D eigenvalue weighted by Crippen LogP contribution is 2.47. The number of hydrogen-bond acceptors (Lipinski definition) is 2. The lowest BCUT2D eigenvalue weighted by atomic mass is 9.82. The van der Waals surface area contributed by atoms with Crippen molar-refractivity contribution in [1.82, 2.24) is 9.47 Å². The summed E-state index contributed by atoms with van der Waals surface area (Å²) in [5.41, 5.74) is 11.1. The molecule has 1 aliphatic heterocycles. The topological polar surface area (TPSA) is 8.17 Å². The van der Waals surface area contributed by atoms with Crippen LogP contribution in [0.1, 0.15) is 46.7 Å². The summed E-state index contributed by atoms with van der Waals surface area (Å²) in [5.74, 6) is 0.775. The molecule has 2 nitrogen and oxygen atoms in total. The molecule has 0 radical (unpaired) electrons. The molecule has 3 heteroatoms. The first-order valence-corrected chi connectivity index (χ1v) is 19.3. The summed E-state index contributed by atoms with van der Waals surface area (Å²) < 4.78 is 3.83. The lowest BCUT2D eigenvalue weighted by Gasteiger charge is -2.37. The van der Waals surface area contributed by atoms with Crippen molar-refractivity contribution in [2.24, 2.45) is 5.92 Å². The number of benzene rings is 4. The number of para-hydroxylation sites is 2. The Morgan fingerprint density at radius 3 is 2.45 bits per heavy atom. The average molecular weight is 675 g/mol. The minimum atomic E-state index is 0.358. The molecule has 4 aliphatic carbocycles. The predicted molar refractivity (Wildman–Crippen MR) is 215 cm³/mol. The lowest BCUT2D eigenvalue weighted by molar-refractivity contribution is 0.256. The van der Waals surface area contributed by atoms with Crippen LogP contribution in [0.2, 0.25) is 0 Å². The number of allylic oxidation sites excluding steroid dienone is 4. The summed E-state index contributed by atoms with van der Waals surface area (Å²) in [6.07, 6.45) is 26.5. The summed E-state index contributed by atoms with van der Waals surface area (Å²) in [7, 11) is 0. The Bertz CT molecular complexity index is 2660. The smallest absolute Gasteiger partial charge is 0.0583 e. The zero-order valence-electron chi connectivity index (χ0n) is 28.5. The normalized spacial score (nSPS) is 23.1. The van der Waals surface area contributed by atoms with E-state index >= 15 is 0 Å². The number of fused-ring (bicyclic) bond motifs is 8. The molecule has 2 aromatic heterocycles. The molecule has 4 unspecified atom stereocenters. The molecule has 51 heavy (non-hydrogen) atoms. The second-order valence-corrected chi connectivity index (χ2v) is 15.7. The van der Waals surface area contributed by atoms with Crippen molar-refractivity contribution in [3.8, 4) is 5.69 Å². The molecule has 0 fully saturated rings. The van der Waals surface area contributed by atoms with E-state index in [9.17, 15) is 0 Å². The van der Waals surface area contributed by atoms with E-state index < -0.39 is 0 Å². The van der Waals surface area contributed by atoms with E-state index in [1.807, 2.05) is 11.3 Å². The van der Waals surface area contributed by atoms with E-state index in [1.54, 1.807) is 5.57 Å². The molecule has 0 spiro atoms. The summed E-state index contributed by atoms with van der Waals surface area (Å²) in [5, 5.41) is 5.42. The highest BCUT2D eigenvalue weighted by molar-refractivity contribution is 7.20. The van der Waals surface area contributed by atoms with Gasteiger partial charge in [-0.3, -0.25) is 0 Å². The van der Waals surface area contributed by atoms with Crippen molar-refractivity contribution in [3.63, 3.8) is 0 Å². The monoisotopic (exact) mass is 674 g/mol. The Morgan fingerprint density at radius 1 is 0.725 bits per heavy atom. The van der Waals surface area contributed by atoms with Gasteiger partial charge < -0.3 is 9.47 Å². The summed E-state index contributed by atoms with van der Waals surface area (Å²) >= 11 is 1.94. The Balaban J connectivity index is 0.893. The van der Waals surface area contributed by atoms with Crippen molar-refractivity contribution in [2.75, 3.05) is 0 Å². The maximum atomic E-state index is 2.74. The van der Waals surface area contributed by atoms with Crippen molar-refractivity contribution in [2.45, 2.75) is 43.7 Å². The summed E-state index contributed by atoms with van der Waals surface area (Å²) in [6.45, 7) is 0.